The molecular weight excluding hydrogens is 250 g/mol. The Bertz CT molecular complexity index is 739. The van der Waals surface area contributed by atoms with Crippen LogP contribution in [0, 0.1) is 0 Å². The van der Waals surface area contributed by atoms with Crippen LogP contribution in [0.1, 0.15) is 18.2 Å². The Morgan fingerprint density at radius 2 is 2.00 bits per heavy atom. The standard InChI is InChI=1S/C16H15N3O/c1-2-6-13-11(4-1)5-3-7-14(13)15-18-16(20-19-15)12-8-9-17-10-12/h1-7,12,17H,8-10H2. The summed E-state index contributed by atoms with van der Waals surface area (Å²) < 4.78 is 5.45. The van der Waals surface area contributed by atoms with Crippen LogP contribution < -0.4 is 5.32 Å². The predicted octanol–water partition coefficient (Wildman–Crippen LogP) is 2.97. The van der Waals surface area contributed by atoms with E-state index in [9.17, 15) is 0 Å². The number of aromatic nitrogens is 2. The van der Waals surface area contributed by atoms with Gasteiger partial charge >= 0.3 is 0 Å². The molecule has 0 amide bonds. The lowest BCUT2D eigenvalue weighted by Gasteiger charge is -2.02. The van der Waals surface area contributed by atoms with Crippen molar-refractivity contribution in [3.8, 4) is 11.4 Å². The highest BCUT2D eigenvalue weighted by atomic mass is 16.5. The fourth-order valence-electron chi connectivity index (χ4n) is 2.80. The molecule has 4 rings (SSSR count). The zero-order valence-corrected chi connectivity index (χ0v) is 11.0. The number of rotatable bonds is 2. The molecule has 3 aromatic rings. The molecule has 100 valence electrons. The quantitative estimate of drug-likeness (QED) is 0.774. The summed E-state index contributed by atoms with van der Waals surface area (Å²) in [5.41, 5.74) is 1.03. The van der Waals surface area contributed by atoms with E-state index in [1.807, 2.05) is 24.3 Å². The van der Waals surface area contributed by atoms with Crippen molar-refractivity contribution in [1.29, 1.82) is 0 Å². The average Bonchev–Trinajstić information content (AvgIpc) is 3.17. The smallest absolute Gasteiger partial charge is 0.231 e. The maximum atomic E-state index is 5.45. The fourth-order valence-corrected chi connectivity index (χ4v) is 2.80. The molecule has 0 spiro atoms. The van der Waals surface area contributed by atoms with Crippen LogP contribution in [-0.2, 0) is 0 Å². The Morgan fingerprint density at radius 3 is 2.90 bits per heavy atom. The highest BCUT2D eigenvalue weighted by molar-refractivity contribution is 5.94. The number of benzene rings is 2. The Hall–Kier alpha value is -2.20. The van der Waals surface area contributed by atoms with E-state index in [1.165, 1.54) is 5.39 Å². The summed E-state index contributed by atoms with van der Waals surface area (Å²) in [6, 6.07) is 14.4. The molecule has 1 aromatic heterocycles. The monoisotopic (exact) mass is 265 g/mol. The third-order valence-electron chi connectivity index (χ3n) is 3.88. The highest BCUT2D eigenvalue weighted by Gasteiger charge is 2.23. The Morgan fingerprint density at radius 1 is 1.10 bits per heavy atom. The van der Waals surface area contributed by atoms with Crippen LogP contribution in [0.15, 0.2) is 47.0 Å². The van der Waals surface area contributed by atoms with Gasteiger partial charge in [-0.15, -0.1) is 0 Å². The number of nitrogens with one attached hydrogen (secondary N) is 1. The van der Waals surface area contributed by atoms with Crippen LogP contribution in [0.2, 0.25) is 0 Å². The predicted molar refractivity (Wildman–Crippen MR) is 77.5 cm³/mol. The van der Waals surface area contributed by atoms with Gasteiger partial charge in [0.15, 0.2) is 0 Å². The maximum Gasteiger partial charge on any atom is 0.231 e. The highest BCUT2D eigenvalue weighted by Crippen LogP contribution is 2.28. The number of nitrogens with zero attached hydrogens (tertiary/aromatic N) is 2. The minimum Gasteiger partial charge on any atom is -0.339 e. The van der Waals surface area contributed by atoms with Gasteiger partial charge in [0.25, 0.3) is 0 Å². The summed E-state index contributed by atoms with van der Waals surface area (Å²) >= 11 is 0. The van der Waals surface area contributed by atoms with Gasteiger partial charge < -0.3 is 9.84 Å². The Labute approximate surface area is 116 Å². The topological polar surface area (TPSA) is 51.0 Å². The third kappa shape index (κ3) is 1.89. The molecule has 4 heteroatoms. The van der Waals surface area contributed by atoms with Gasteiger partial charge in [-0.25, -0.2) is 0 Å². The summed E-state index contributed by atoms with van der Waals surface area (Å²) in [5.74, 6) is 1.79. The molecule has 0 bridgehead atoms. The molecular formula is C16H15N3O. The fraction of sp³-hybridized carbons (Fsp3) is 0.250. The zero-order chi connectivity index (χ0) is 13.4. The second-order valence-electron chi connectivity index (χ2n) is 5.17. The van der Waals surface area contributed by atoms with E-state index >= 15 is 0 Å². The summed E-state index contributed by atoms with van der Waals surface area (Å²) in [6.45, 7) is 1.95. The SMILES string of the molecule is c1ccc2c(-c3noc(C4CCNC4)n3)cccc2c1. The van der Waals surface area contributed by atoms with Crippen molar-refractivity contribution in [3.63, 3.8) is 0 Å². The minimum absolute atomic E-state index is 0.353. The Kier molecular flexibility index (Phi) is 2.74. The van der Waals surface area contributed by atoms with Gasteiger partial charge in [0.1, 0.15) is 0 Å². The van der Waals surface area contributed by atoms with Gasteiger partial charge in [0, 0.05) is 12.1 Å². The number of hydrogen-bond donors (Lipinski definition) is 1. The van der Waals surface area contributed by atoms with Crippen molar-refractivity contribution in [1.82, 2.24) is 15.5 Å². The lowest BCUT2D eigenvalue weighted by molar-refractivity contribution is 0.359. The van der Waals surface area contributed by atoms with Crippen LogP contribution in [0.4, 0.5) is 0 Å². The molecule has 0 aliphatic carbocycles. The second kappa shape index (κ2) is 4.72. The van der Waals surface area contributed by atoms with Crippen LogP contribution in [0.3, 0.4) is 0 Å². The normalized spacial score (nSPS) is 18.7. The summed E-state index contributed by atoms with van der Waals surface area (Å²) in [5, 5.41) is 9.84. The summed E-state index contributed by atoms with van der Waals surface area (Å²) in [6.07, 6.45) is 1.07. The van der Waals surface area contributed by atoms with Crippen molar-refractivity contribution in [3.05, 3.63) is 48.4 Å². The van der Waals surface area contributed by atoms with Gasteiger partial charge in [0.2, 0.25) is 11.7 Å². The number of hydrogen-bond acceptors (Lipinski definition) is 4. The first-order chi connectivity index (χ1) is 9.92. The Balaban J connectivity index is 1.79. The molecule has 0 saturated carbocycles. The van der Waals surface area contributed by atoms with Crippen LogP contribution in [-0.4, -0.2) is 23.2 Å². The van der Waals surface area contributed by atoms with Crippen LogP contribution >= 0.6 is 0 Å². The molecule has 1 saturated heterocycles. The first-order valence-corrected chi connectivity index (χ1v) is 6.94. The molecule has 4 nitrogen and oxygen atoms in total. The van der Waals surface area contributed by atoms with E-state index in [4.69, 9.17) is 4.52 Å². The largest absolute Gasteiger partial charge is 0.339 e. The van der Waals surface area contributed by atoms with E-state index < -0.39 is 0 Å². The molecule has 1 N–H and O–H groups in total. The zero-order valence-electron chi connectivity index (χ0n) is 11.0. The first-order valence-electron chi connectivity index (χ1n) is 6.94. The van der Waals surface area contributed by atoms with E-state index in [2.05, 4.69) is 33.7 Å². The molecule has 1 unspecified atom stereocenters. The number of fused-ring (bicyclic) bond motifs is 1. The van der Waals surface area contributed by atoms with Crippen molar-refractivity contribution in [2.45, 2.75) is 12.3 Å². The van der Waals surface area contributed by atoms with Crippen molar-refractivity contribution >= 4 is 10.8 Å². The molecule has 2 aromatic carbocycles. The first kappa shape index (κ1) is 11.6. The summed E-state index contributed by atoms with van der Waals surface area (Å²) in [4.78, 5) is 4.59. The van der Waals surface area contributed by atoms with Crippen molar-refractivity contribution < 1.29 is 4.52 Å². The van der Waals surface area contributed by atoms with Crippen LogP contribution in [0.5, 0.6) is 0 Å². The van der Waals surface area contributed by atoms with E-state index in [0.717, 1.165) is 36.4 Å². The lowest BCUT2D eigenvalue weighted by Crippen LogP contribution is -2.08. The molecule has 1 aliphatic rings. The molecule has 1 aliphatic heterocycles. The maximum absolute atomic E-state index is 5.45. The molecule has 20 heavy (non-hydrogen) atoms. The van der Waals surface area contributed by atoms with Gasteiger partial charge in [-0.3, -0.25) is 0 Å². The van der Waals surface area contributed by atoms with E-state index in [0.29, 0.717) is 11.7 Å². The van der Waals surface area contributed by atoms with Gasteiger partial charge in [-0.2, -0.15) is 4.98 Å². The van der Waals surface area contributed by atoms with Gasteiger partial charge in [0.05, 0.1) is 5.92 Å². The molecule has 1 fully saturated rings. The van der Waals surface area contributed by atoms with E-state index in [-0.39, 0.29) is 0 Å². The third-order valence-corrected chi connectivity index (χ3v) is 3.88. The molecule has 0 radical (unpaired) electrons. The molecule has 1 atom stereocenters. The minimum atomic E-state index is 0.353. The van der Waals surface area contributed by atoms with E-state index in [1.54, 1.807) is 0 Å². The average molecular weight is 265 g/mol. The van der Waals surface area contributed by atoms with Crippen molar-refractivity contribution in [2.24, 2.45) is 0 Å². The lowest BCUT2D eigenvalue weighted by atomic mass is 10.0. The second-order valence-corrected chi connectivity index (χ2v) is 5.17. The van der Waals surface area contributed by atoms with Gasteiger partial charge in [-0.05, 0) is 23.7 Å². The molecule has 2 heterocycles. The summed E-state index contributed by atoms with van der Waals surface area (Å²) in [7, 11) is 0. The van der Waals surface area contributed by atoms with Gasteiger partial charge in [-0.1, -0.05) is 47.6 Å². The van der Waals surface area contributed by atoms with Crippen LogP contribution in [0.25, 0.3) is 22.2 Å². The van der Waals surface area contributed by atoms with Crippen molar-refractivity contribution in [2.75, 3.05) is 13.1 Å².